The van der Waals surface area contributed by atoms with Crippen molar-refractivity contribution in [2.75, 3.05) is 6.54 Å². The molecule has 0 spiro atoms. The first-order valence-electron chi connectivity index (χ1n) is 7.67. The second-order valence-electron chi connectivity index (χ2n) is 5.89. The molecule has 7 heteroatoms. The van der Waals surface area contributed by atoms with Crippen molar-refractivity contribution in [1.29, 1.82) is 0 Å². The number of aliphatic hydroxyl groups excluding tert-OH is 1. The average molecular weight is 329 g/mol. The molecule has 2 N–H and O–H groups in total. The number of amides is 1. The van der Waals surface area contributed by atoms with Gasteiger partial charge >= 0.3 is 0 Å². The Bertz CT molecular complexity index is 908. The van der Waals surface area contributed by atoms with Gasteiger partial charge in [0.25, 0.3) is 11.6 Å². The van der Waals surface area contributed by atoms with Crippen molar-refractivity contribution in [2.24, 2.45) is 0 Å². The van der Waals surface area contributed by atoms with Crippen molar-refractivity contribution in [1.82, 2.24) is 15.5 Å². The lowest BCUT2D eigenvalue weighted by Gasteiger charge is -2.09. The minimum Gasteiger partial charge on any atom is -0.466 e. The molecule has 3 aromatic rings. The molecule has 0 aliphatic rings. The second-order valence-corrected chi connectivity index (χ2v) is 5.89. The van der Waals surface area contributed by atoms with Gasteiger partial charge < -0.3 is 19.4 Å². The highest BCUT2D eigenvalue weighted by molar-refractivity contribution is 6.07. The van der Waals surface area contributed by atoms with E-state index in [1.165, 1.54) is 0 Å². The number of hydrogen-bond acceptors (Lipinski definition) is 6. The molecule has 24 heavy (non-hydrogen) atoms. The molecule has 3 aromatic heterocycles. The number of nitrogens with one attached hydrogen (secondary N) is 1. The number of rotatable bonds is 4. The minimum atomic E-state index is -0.631. The molecule has 3 heterocycles. The van der Waals surface area contributed by atoms with Crippen LogP contribution in [-0.4, -0.2) is 33.8 Å². The largest absolute Gasteiger partial charge is 0.466 e. The summed E-state index contributed by atoms with van der Waals surface area (Å²) in [5.41, 5.74) is 2.67. The van der Waals surface area contributed by atoms with Gasteiger partial charge in [0.2, 0.25) is 0 Å². The molecule has 0 fully saturated rings. The molecule has 0 bridgehead atoms. The fourth-order valence-electron chi connectivity index (χ4n) is 2.63. The van der Waals surface area contributed by atoms with E-state index in [9.17, 15) is 9.90 Å². The highest BCUT2D eigenvalue weighted by Gasteiger charge is 2.21. The smallest absolute Gasteiger partial charge is 0.259 e. The van der Waals surface area contributed by atoms with Crippen LogP contribution in [-0.2, 0) is 0 Å². The number of fused-ring (bicyclic) bond motifs is 1. The number of hydrogen-bond donors (Lipinski definition) is 2. The van der Waals surface area contributed by atoms with Gasteiger partial charge in [-0.3, -0.25) is 4.79 Å². The molecule has 126 valence electrons. The monoisotopic (exact) mass is 329 g/mol. The Kier molecular flexibility index (Phi) is 4.11. The fourth-order valence-corrected chi connectivity index (χ4v) is 2.63. The molecule has 0 aromatic carbocycles. The number of carbonyl (C=O) groups is 1. The first kappa shape index (κ1) is 16.2. The summed E-state index contributed by atoms with van der Waals surface area (Å²) in [5, 5.41) is 16.5. The Morgan fingerprint density at radius 3 is 2.71 bits per heavy atom. The molecule has 0 saturated carbocycles. The molecule has 0 unspecified atom stereocenters. The number of nitrogens with zero attached hydrogens (tertiary/aromatic N) is 2. The zero-order valence-corrected chi connectivity index (χ0v) is 14.0. The molecule has 0 radical (unpaired) electrons. The van der Waals surface area contributed by atoms with Crippen LogP contribution in [0.2, 0.25) is 0 Å². The summed E-state index contributed by atoms with van der Waals surface area (Å²) in [6.45, 7) is 7.21. The Labute approximate surface area is 138 Å². The molecule has 1 atom stereocenters. The molecule has 3 rings (SSSR count). The molecular formula is C17H19N3O4. The predicted molar refractivity (Wildman–Crippen MR) is 87.7 cm³/mol. The van der Waals surface area contributed by atoms with Gasteiger partial charge in [-0.2, -0.15) is 0 Å². The lowest BCUT2D eigenvalue weighted by atomic mass is 10.1. The number of furan rings is 1. The van der Waals surface area contributed by atoms with Gasteiger partial charge in [0.1, 0.15) is 11.5 Å². The maximum atomic E-state index is 12.5. The summed E-state index contributed by atoms with van der Waals surface area (Å²) in [5.74, 6) is 1.16. The van der Waals surface area contributed by atoms with Crippen LogP contribution in [0.4, 0.5) is 0 Å². The van der Waals surface area contributed by atoms with Gasteiger partial charge in [-0.1, -0.05) is 5.16 Å². The van der Waals surface area contributed by atoms with Crippen molar-refractivity contribution in [3.63, 3.8) is 0 Å². The third-order valence-electron chi connectivity index (χ3n) is 3.74. The van der Waals surface area contributed by atoms with E-state index in [4.69, 9.17) is 8.94 Å². The molecule has 0 aliphatic heterocycles. The van der Waals surface area contributed by atoms with Gasteiger partial charge in [-0.15, -0.1) is 0 Å². The summed E-state index contributed by atoms with van der Waals surface area (Å²) in [6.07, 6.45) is -0.631. The van der Waals surface area contributed by atoms with E-state index in [1.54, 1.807) is 19.9 Å². The summed E-state index contributed by atoms with van der Waals surface area (Å²) in [4.78, 5) is 17.0. The second kappa shape index (κ2) is 6.09. The standard InChI is InChI=1S/C17H19N3O4/c1-8(21)7-18-16(22)13-6-14(12-5-9(2)23-11(12)4)19-17-15(13)10(3)20-24-17/h5-6,8,21H,7H2,1-4H3,(H,18,22)/t8-/m0/s1. The van der Waals surface area contributed by atoms with Crippen LogP contribution >= 0.6 is 0 Å². The fraction of sp³-hybridized carbons (Fsp3) is 0.353. The van der Waals surface area contributed by atoms with Crippen molar-refractivity contribution in [3.05, 3.63) is 34.9 Å². The third-order valence-corrected chi connectivity index (χ3v) is 3.74. The van der Waals surface area contributed by atoms with E-state index in [-0.39, 0.29) is 12.5 Å². The van der Waals surface area contributed by atoms with Gasteiger partial charge in [-0.25, -0.2) is 4.98 Å². The zero-order chi connectivity index (χ0) is 17.4. The van der Waals surface area contributed by atoms with Gasteiger partial charge in [0.05, 0.1) is 28.4 Å². The highest BCUT2D eigenvalue weighted by Crippen LogP contribution is 2.30. The van der Waals surface area contributed by atoms with Gasteiger partial charge in [0, 0.05) is 12.1 Å². The van der Waals surface area contributed by atoms with Crippen LogP contribution in [0.1, 0.15) is 34.5 Å². The highest BCUT2D eigenvalue weighted by atomic mass is 16.5. The summed E-state index contributed by atoms with van der Waals surface area (Å²) >= 11 is 0. The molecule has 1 amide bonds. The predicted octanol–water partition coefficient (Wildman–Crippen LogP) is 2.52. The van der Waals surface area contributed by atoms with Crippen molar-refractivity contribution in [3.8, 4) is 11.3 Å². The molecule has 0 aliphatic carbocycles. The lowest BCUT2D eigenvalue weighted by molar-refractivity contribution is 0.0925. The maximum absolute atomic E-state index is 12.5. The van der Waals surface area contributed by atoms with Gasteiger partial charge in [-0.05, 0) is 39.8 Å². The summed E-state index contributed by atoms with van der Waals surface area (Å²) in [7, 11) is 0. The Morgan fingerprint density at radius 2 is 2.08 bits per heavy atom. The number of aromatic nitrogens is 2. The van der Waals surface area contributed by atoms with Crippen molar-refractivity contribution >= 4 is 17.0 Å². The van der Waals surface area contributed by atoms with Crippen LogP contribution in [0.25, 0.3) is 22.4 Å². The normalized spacial score (nSPS) is 12.5. The average Bonchev–Trinajstić information content (AvgIpc) is 3.06. The first-order chi connectivity index (χ1) is 11.4. The van der Waals surface area contributed by atoms with E-state index in [0.29, 0.717) is 33.8 Å². The maximum Gasteiger partial charge on any atom is 0.259 e. The van der Waals surface area contributed by atoms with E-state index in [0.717, 1.165) is 11.3 Å². The number of aryl methyl sites for hydroxylation is 3. The molecule has 7 nitrogen and oxygen atoms in total. The van der Waals surface area contributed by atoms with E-state index in [1.807, 2.05) is 19.9 Å². The van der Waals surface area contributed by atoms with Crippen molar-refractivity contribution < 1.29 is 18.8 Å². The molecular weight excluding hydrogens is 310 g/mol. The Morgan fingerprint density at radius 1 is 1.33 bits per heavy atom. The van der Waals surface area contributed by atoms with Crippen LogP contribution < -0.4 is 5.32 Å². The Balaban J connectivity index is 2.13. The topological polar surface area (TPSA) is 101 Å². The summed E-state index contributed by atoms with van der Waals surface area (Å²) in [6, 6.07) is 3.56. The first-order valence-corrected chi connectivity index (χ1v) is 7.67. The minimum absolute atomic E-state index is 0.159. The Hall–Kier alpha value is -2.67. The SMILES string of the molecule is Cc1cc(-c2cc(C(=O)NC[C@H](C)O)c3c(C)noc3n2)c(C)o1. The van der Waals surface area contributed by atoms with E-state index >= 15 is 0 Å². The van der Waals surface area contributed by atoms with E-state index in [2.05, 4.69) is 15.5 Å². The number of aliphatic hydroxyl groups is 1. The van der Waals surface area contributed by atoms with Crippen LogP contribution in [0.5, 0.6) is 0 Å². The summed E-state index contributed by atoms with van der Waals surface area (Å²) < 4.78 is 10.8. The quantitative estimate of drug-likeness (QED) is 0.762. The van der Waals surface area contributed by atoms with Crippen molar-refractivity contribution in [2.45, 2.75) is 33.8 Å². The van der Waals surface area contributed by atoms with Crippen LogP contribution in [0, 0.1) is 20.8 Å². The molecule has 0 saturated heterocycles. The third kappa shape index (κ3) is 2.90. The number of carbonyl (C=O) groups excluding carboxylic acids is 1. The van der Waals surface area contributed by atoms with E-state index < -0.39 is 6.10 Å². The zero-order valence-electron chi connectivity index (χ0n) is 14.0. The van der Waals surface area contributed by atoms with Crippen LogP contribution in [0.15, 0.2) is 21.1 Å². The number of pyridine rings is 1. The van der Waals surface area contributed by atoms with Gasteiger partial charge in [0.15, 0.2) is 0 Å². The van der Waals surface area contributed by atoms with Crippen LogP contribution in [0.3, 0.4) is 0 Å². The lowest BCUT2D eigenvalue weighted by Crippen LogP contribution is -2.30.